The molecular formula is C23H21NO4S. The molecule has 148 valence electrons. The summed E-state index contributed by atoms with van der Waals surface area (Å²) in [6.07, 6.45) is 3.13. The predicted molar refractivity (Wildman–Crippen MR) is 116 cm³/mol. The van der Waals surface area contributed by atoms with Crippen molar-refractivity contribution in [3.05, 3.63) is 77.2 Å². The molecule has 3 rings (SSSR count). The van der Waals surface area contributed by atoms with Crippen LogP contribution in [0.15, 0.2) is 66.1 Å². The summed E-state index contributed by atoms with van der Waals surface area (Å²) >= 11 is 1.30. The third-order valence-electron chi connectivity index (χ3n) is 4.14. The maximum atomic E-state index is 12.5. The van der Waals surface area contributed by atoms with Crippen molar-refractivity contribution in [2.45, 2.75) is 6.92 Å². The monoisotopic (exact) mass is 407 g/mol. The molecule has 0 aliphatic rings. The fourth-order valence-electron chi connectivity index (χ4n) is 2.73. The molecule has 0 spiro atoms. The first-order chi connectivity index (χ1) is 14.1. The Bertz CT molecular complexity index is 1010. The smallest absolute Gasteiger partial charge is 0.341 e. The molecule has 0 saturated carbocycles. The van der Waals surface area contributed by atoms with E-state index in [1.807, 2.05) is 60.0 Å². The van der Waals surface area contributed by atoms with Gasteiger partial charge in [-0.3, -0.25) is 4.79 Å². The molecule has 0 bridgehead atoms. The van der Waals surface area contributed by atoms with Gasteiger partial charge >= 0.3 is 5.97 Å². The number of hydrogen-bond donors (Lipinski definition) is 1. The number of anilines is 1. The quantitative estimate of drug-likeness (QED) is 0.429. The summed E-state index contributed by atoms with van der Waals surface area (Å²) in [5.41, 5.74) is 2.86. The molecule has 1 N–H and O–H groups in total. The van der Waals surface area contributed by atoms with E-state index in [0.29, 0.717) is 10.6 Å². The molecule has 0 fully saturated rings. The summed E-state index contributed by atoms with van der Waals surface area (Å²) in [4.78, 5) is 25.0. The Morgan fingerprint density at radius 3 is 2.45 bits per heavy atom. The molecular weight excluding hydrogens is 386 g/mol. The minimum atomic E-state index is -0.456. The van der Waals surface area contributed by atoms with Crippen LogP contribution in [0.2, 0.25) is 0 Å². The van der Waals surface area contributed by atoms with Crippen LogP contribution in [0.1, 0.15) is 22.8 Å². The normalized spacial score (nSPS) is 10.7. The first-order valence-electron chi connectivity index (χ1n) is 9.09. The van der Waals surface area contributed by atoms with Crippen molar-refractivity contribution in [1.29, 1.82) is 0 Å². The zero-order chi connectivity index (χ0) is 20.6. The Morgan fingerprint density at radius 1 is 1.07 bits per heavy atom. The number of methoxy groups -OCH3 is 1. The number of rotatable bonds is 7. The molecule has 0 aliphatic heterocycles. The molecule has 1 heterocycles. The molecule has 29 heavy (non-hydrogen) atoms. The van der Waals surface area contributed by atoms with Gasteiger partial charge in [0, 0.05) is 17.0 Å². The summed E-state index contributed by atoms with van der Waals surface area (Å²) in [5.74, 6) is -0.0347. The molecule has 1 amide bonds. The van der Waals surface area contributed by atoms with Crippen molar-refractivity contribution in [3.63, 3.8) is 0 Å². The number of nitrogens with one attached hydrogen (secondary N) is 1. The van der Waals surface area contributed by atoms with Gasteiger partial charge in [-0.05, 0) is 36.3 Å². The van der Waals surface area contributed by atoms with Crippen molar-refractivity contribution < 1.29 is 19.1 Å². The lowest BCUT2D eigenvalue weighted by Gasteiger charge is -2.08. The molecule has 1 aromatic heterocycles. The minimum Gasteiger partial charge on any atom is -0.497 e. The number of esters is 1. The van der Waals surface area contributed by atoms with Crippen LogP contribution in [0.5, 0.6) is 5.75 Å². The molecule has 0 unspecified atom stereocenters. The Morgan fingerprint density at radius 2 is 1.79 bits per heavy atom. The van der Waals surface area contributed by atoms with E-state index < -0.39 is 5.97 Å². The zero-order valence-corrected chi connectivity index (χ0v) is 17.0. The van der Waals surface area contributed by atoms with Crippen molar-refractivity contribution in [2.75, 3.05) is 19.0 Å². The van der Waals surface area contributed by atoms with Gasteiger partial charge in [0.2, 0.25) is 5.91 Å². The van der Waals surface area contributed by atoms with Crippen LogP contribution in [-0.2, 0) is 9.53 Å². The Kier molecular flexibility index (Phi) is 6.81. The summed E-state index contributed by atoms with van der Waals surface area (Å²) in [5, 5.41) is 5.12. The van der Waals surface area contributed by atoms with Gasteiger partial charge in [-0.1, -0.05) is 42.5 Å². The Balaban J connectivity index is 1.82. The van der Waals surface area contributed by atoms with Gasteiger partial charge in [-0.25, -0.2) is 4.79 Å². The largest absolute Gasteiger partial charge is 0.497 e. The molecule has 0 atom stereocenters. The topological polar surface area (TPSA) is 64.6 Å². The summed E-state index contributed by atoms with van der Waals surface area (Å²) in [6.45, 7) is 2.01. The van der Waals surface area contributed by atoms with E-state index in [2.05, 4.69) is 5.32 Å². The first-order valence-corrected chi connectivity index (χ1v) is 9.97. The fraction of sp³-hybridized carbons (Fsp3) is 0.130. The number of hydrogen-bond acceptors (Lipinski definition) is 5. The van der Waals surface area contributed by atoms with Crippen LogP contribution in [0.25, 0.3) is 17.2 Å². The number of carbonyl (C=O) groups is 2. The van der Waals surface area contributed by atoms with Gasteiger partial charge in [-0.15, -0.1) is 11.3 Å². The summed E-state index contributed by atoms with van der Waals surface area (Å²) < 4.78 is 10.3. The third kappa shape index (κ3) is 5.12. The Labute approximate surface area is 173 Å². The first kappa shape index (κ1) is 20.4. The standard InChI is InChI=1S/C23H21NO4S/c1-3-28-23(26)21-19(17-7-5-4-6-8-17)15-29-22(21)24-20(25)14-11-16-9-12-18(27-2)13-10-16/h4-15H,3H2,1-2H3,(H,24,25). The highest BCUT2D eigenvalue weighted by Gasteiger charge is 2.22. The summed E-state index contributed by atoms with van der Waals surface area (Å²) in [7, 11) is 1.60. The van der Waals surface area contributed by atoms with Gasteiger partial charge in [0.1, 0.15) is 16.3 Å². The number of benzene rings is 2. The third-order valence-corrected chi connectivity index (χ3v) is 5.03. The molecule has 0 radical (unpaired) electrons. The molecule has 6 heteroatoms. The van der Waals surface area contributed by atoms with E-state index >= 15 is 0 Å². The predicted octanol–water partition coefficient (Wildman–Crippen LogP) is 5.25. The molecule has 5 nitrogen and oxygen atoms in total. The Hall–Kier alpha value is -3.38. The van der Waals surface area contributed by atoms with Crippen LogP contribution in [-0.4, -0.2) is 25.6 Å². The maximum absolute atomic E-state index is 12.5. The van der Waals surface area contributed by atoms with Crippen LogP contribution >= 0.6 is 11.3 Å². The maximum Gasteiger partial charge on any atom is 0.341 e. The highest BCUT2D eigenvalue weighted by atomic mass is 32.1. The van der Waals surface area contributed by atoms with Crippen LogP contribution in [0.3, 0.4) is 0 Å². The molecule has 0 aliphatic carbocycles. The van der Waals surface area contributed by atoms with E-state index in [4.69, 9.17) is 9.47 Å². The van der Waals surface area contributed by atoms with Crippen molar-refractivity contribution in [3.8, 4) is 16.9 Å². The van der Waals surface area contributed by atoms with Gasteiger partial charge in [0.05, 0.1) is 13.7 Å². The zero-order valence-electron chi connectivity index (χ0n) is 16.2. The van der Waals surface area contributed by atoms with Gasteiger partial charge < -0.3 is 14.8 Å². The van der Waals surface area contributed by atoms with E-state index in [9.17, 15) is 9.59 Å². The van der Waals surface area contributed by atoms with Crippen molar-refractivity contribution >= 4 is 34.3 Å². The van der Waals surface area contributed by atoms with E-state index in [1.54, 1.807) is 20.1 Å². The highest BCUT2D eigenvalue weighted by molar-refractivity contribution is 7.15. The average molecular weight is 407 g/mol. The fourth-order valence-corrected chi connectivity index (χ4v) is 3.69. The second-order valence-corrected chi connectivity index (χ2v) is 6.92. The van der Waals surface area contributed by atoms with Gasteiger partial charge in [-0.2, -0.15) is 0 Å². The van der Waals surface area contributed by atoms with Crippen LogP contribution < -0.4 is 10.1 Å². The second kappa shape index (κ2) is 9.71. The SMILES string of the molecule is CCOC(=O)c1c(-c2ccccc2)csc1NC(=O)C=Cc1ccc(OC)cc1. The van der Waals surface area contributed by atoms with E-state index in [-0.39, 0.29) is 12.5 Å². The van der Waals surface area contributed by atoms with Gasteiger partial charge in [0.25, 0.3) is 0 Å². The van der Waals surface area contributed by atoms with Crippen LogP contribution in [0, 0.1) is 0 Å². The lowest BCUT2D eigenvalue weighted by Crippen LogP contribution is -2.12. The highest BCUT2D eigenvalue weighted by Crippen LogP contribution is 2.36. The number of carbonyl (C=O) groups excluding carboxylic acids is 2. The van der Waals surface area contributed by atoms with Gasteiger partial charge in [0.15, 0.2) is 0 Å². The lowest BCUT2D eigenvalue weighted by atomic mass is 10.0. The molecule has 0 saturated heterocycles. The van der Waals surface area contributed by atoms with Crippen molar-refractivity contribution in [1.82, 2.24) is 0 Å². The van der Waals surface area contributed by atoms with E-state index in [1.165, 1.54) is 17.4 Å². The number of amides is 1. The van der Waals surface area contributed by atoms with Crippen molar-refractivity contribution in [2.24, 2.45) is 0 Å². The van der Waals surface area contributed by atoms with Crippen LogP contribution in [0.4, 0.5) is 5.00 Å². The average Bonchev–Trinajstić information content (AvgIpc) is 3.17. The minimum absolute atomic E-state index is 0.258. The number of thiophene rings is 1. The summed E-state index contributed by atoms with van der Waals surface area (Å²) in [6, 6.07) is 16.9. The number of ether oxygens (including phenoxy) is 2. The molecule has 2 aromatic carbocycles. The second-order valence-electron chi connectivity index (χ2n) is 6.04. The molecule has 3 aromatic rings. The lowest BCUT2D eigenvalue weighted by molar-refractivity contribution is -0.111. The van der Waals surface area contributed by atoms with E-state index in [0.717, 1.165) is 22.4 Å².